The van der Waals surface area contributed by atoms with Gasteiger partial charge in [-0.2, -0.15) is 5.10 Å². The predicted molar refractivity (Wildman–Crippen MR) is 131 cm³/mol. The second-order valence-corrected chi connectivity index (χ2v) is 8.06. The van der Waals surface area contributed by atoms with Crippen LogP contribution in [-0.2, 0) is 6.54 Å². The minimum Gasteiger partial charge on any atom is -0.346 e. The van der Waals surface area contributed by atoms with Crippen LogP contribution in [0.4, 0.5) is 10.1 Å². The van der Waals surface area contributed by atoms with Crippen molar-refractivity contribution in [3.63, 3.8) is 0 Å². The summed E-state index contributed by atoms with van der Waals surface area (Å²) in [6.45, 7) is 3.65. The number of hydrogen-bond acceptors (Lipinski definition) is 4. The van der Waals surface area contributed by atoms with Crippen molar-refractivity contribution in [1.29, 1.82) is 0 Å². The summed E-state index contributed by atoms with van der Waals surface area (Å²) in [7, 11) is 0. The van der Waals surface area contributed by atoms with Gasteiger partial charge in [0.2, 0.25) is 5.43 Å². The first-order valence-corrected chi connectivity index (χ1v) is 10.9. The number of para-hydroxylation sites is 1. The van der Waals surface area contributed by atoms with E-state index in [0.29, 0.717) is 22.5 Å². The van der Waals surface area contributed by atoms with Gasteiger partial charge in [-0.25, -0.2) is 9.07 Å². The molecule has 35 heavy (non-hydrogen) atoms. The minimum atomic E-state index is -0.686. The molecular formula is C27H23FN4O3. The van der Waals surface area contributed by atoms with E-state index in [9.17, 15) is 18.8 Å². The maximum Gasteiger partial charge on any atom is 0.276 e. The van der Waals surface area contributed by atoms with Crippen LogP contribution in [0.5, 0.6) is 0 Å². The lowest BCUT2D eigenvalue weighted by atomic mass is 10.1. The number of carbonyl (C=O) groups excluding carboxylic acids is 2. The van der Waals surface area contributed by atoms with Crippen LogP contribution in [0.1, 0.15) is 37.7 Å². The maximum absolute atomic E-state index is 14.2. The Morgan fingerprint density at radius 3 is 2.40 bits per heavy atom. The predicted octanol–water partition coefficient (Wildman–Crippen LogP) is 4.17. The monoisotopic (exact) mass is 470 g/mol. The van der Waals surface area contributed by atoms with Gasteiger partial charge < -0.3 is 10.6 Å². The fourth-order valence-corrected chi connectivity index (χ4v) is 3.51. The summed E-state index contributed by atoms with van der Waals surface area (Å²) in [5.74, 6) is -1.46. The van der Waals surface area contributed by atoms with Crippen LogP contribution >= 0.6 is 0 Å². The lowest BCUT2D eigenvalue weighted by Crippen LogP contribution is -2.31. The Kier molecular flexibility index (Phi) is 6.82. The van der Waals surface area contributed by atoms with Crippen molar-refractivity contribution >= 4 is 17.5 Å². The third-order valence-electron chi connectivity index (χ3n) is 5.35. The van der Waals surface area contributed by atoms with Crippen molar-refractivity contribution in [2.24, 2.45) is 0 Å². The van der Waals surface area contributed by atoms with Crippen LogP contribution < -0.4 is 16.1 Å². The average Bonchev–Trinajstić information content (AvgIpc) is 2.84. The number of rotatable bonds is 6. The van der Waals surface area contributed by atoms with E-state index in [2.05, 4.69) is 15.7 Å². The fraction of sp³-hybridized carbons (Fsp3) is 0.111. The molecule has 1 heterocycles. The van der Waals surface area contributed by atoms with Crippen molar-refractivity contribution in [2.75, 3.05) is 5.32 Å². The molecule has 3 aromatic carbocycles. The number of aryl methyl sites for hydroxylation is 2. The zero-order valence-electron chi connectivity index (χ0n) is 19.2. The highest BCUT2D eigenvalue weighted by Crippen LogP contribution is 2.15. The third-order valence-corrected chi connectivity index (χ3v) is 5.35. The maximum atomic E-state index is 14.2. The minimum absolute atomic E-state index is 0.0990. The summed E-state index contributed by atoms with van der Waals surface area (Å²) in [4.78, 5) is 37.6. The summed E-state index contributed by atoms with van der Waals surface area (Å²) in [6.07, 6.45) is 0. The smallest absolute Gasteiger partial charge is 0.276 e. The SMILES string of the molecule is Cc1ccc(C(=O)Nc2cccc(CNC(=O)c3nn(-c4ccccc4F)c(C)cc3=O)c2)cc1. The third kappa shape index (κ3) is 5.50. The average molecular weight is 471 g/mol. The molecule has 7 nitrogen and oxygen atoms in total. The molecule has 0 atom stereocenters. The largest absolute Gasteiger partial charge is 0.346 e. The van der Waals surface area contributed by atoms with Crippen LogP contribution in [0.25, 0.3) is 5.69 Å². The summed E-state index contributed by atoms with van der Waals surface area (Å²) in [5, 5.41) is 9.60. The van der Waals surface area contributed by atoms with Crippen molar-refractivity contribution in [1.82, 2.24) is 15.1 Å². The Morgan fingerprint density at radius 2 is 1.66 bits per heavy atom. The Bertz CT molecular complexity index is 1460. The number of aromatic nitrogens is 2. The molecule has 0 fully saturated rings. The molecule has 2 N–H and O–H groups in total. The Labute approximate surface area is 201 Å². The first kappa shape index (κ1) is 23.6. The second-order valence-electron chi connectivity index (χ2n) is 8.06. The van der Waals surface area contributed by atoms with Gasteiger partial charge in [0.1, 0.15) is 11.5 Å². The molecule has 0 spiro atoms. The molecular weight excluding hydrogens is 447 g/mol. The molecule has 2 amide bonds. The highest BCUT2D eigenvalue weighted by molar-refractivity contribution is 6.04. The van der Waals surface area contributed by atoms with Gasteiger partial charge in [-0.15, -0.1) is 0 Å². The number of nitrogens with one attached hydrogen (secondary N) is 2. The zero-order chi connectivity index (χ0) is 24.9. The summed E-state index contributed by atoms with van der Waals surface area (Å²) < 4.78 is 15.5. The molecule has 0 unspecified atom stereocenters. The van der Waals surface area contributed by atoms with Gasteiger partial charge in [0.15, 0.2) is 5.69 Å². The molecule has 0 saturated heterocycles. The molecule has 0 aliphatic carbocycles. The van der Waals surface area contributed by atoms with E-state index in [-0.39, 0.29) is 23.8 Å². The first-order chi connectivity index (χ1) is 16.8. The lowest BCUT2D eigenvalue weighted by molar-refractivity contribution is 0.0942. The first-order valence-electron chi connectivity index (χ1n) is 10.9. The normalized spacial score (nSPS) is 10.6. The lowest BCUT2D eigenvalue weighted by Gasteiger charge is -2.12. The van der Waals surface area contributed by atoms with E-state index in [1.165, 1.54) is 22.9 Å². The molecule has 176 valence electrons. The number of carbonyl (C=O) groups is 2. The summed E-state index contributed by atoms with van der Waals surface area (Å²) >= 11 is 0. The molecule has 4 aromatic rings. The van der Waals surface area contributed by atoms with Gasteiger partial charge in [0, 0.05) is 29.6 Å². The van der Waals surface area contributed by atoms with Gasteiger partial charge in [-0.3, -0.25) is 14.4 Å². The van der Waals surface area contributed by atoms with Crippen molar-refractivity contribution in [3.05, 3.63) is 123 Å². The number of benzene rings is 3. The molecule has 0 saturated carbocycles. The van der Waals surface area contributed by atoms with Crippen LogP contribution in [0.3, 0.4) is 0 Å². The summed E-state index contributed by atoms with van der Waals surface area (Å²) in [5.41, 5.74) is 2.49. The van der Waals surface area contributed by atoms with Crippen LogP contribution in [0, 0.1) is 19.7 Å². The molecule has 8 heteroatoms. The molecule has 0 bridgehead atoms. The van der Waals surface area contributed by atoms with E-state index in [4.69, 9.17) is 0 Å². The van der Waals surface area contributed by atoms with E-state index in [1.807, 2.05) is 19.1 Å². The van der Waals surface area contributed by atoms with Crippen LogP contribution in [-0.4, -0.2) is 21.6 Å². The van der Waals surface area contributed by atoms with E-state index >= 15 is 0 Å². The van der Waals surface area contributed by atoms with Crippen molar-refractivity contribution < 1.29 is 14.0 Å². The molecule has 0 aliphatic rings. The summed E-state index contributed by atoms with van der Waals surface area (Å²) in [6, 6.07) is 21.4. The quantitative estimate of drug-likeness (QED) is 0.442. The number of halogens is 1. The number of amides is 2. The standard InChI is InChI=1S/C27H23FN4O3/c1-17-10-12-20(13-11-17)26(34)30-21-7-5-6-19(15-21)16-29-27(35)25-24(33)14-18(2)32(31-25)23-9-4-3-8-22(23)28/h3-15H,16H2,1-2H3,(H,29,35)(H,30,34). The van der Waals surface area contributed by atoms with E-state index < -0.39 is 17.2 Å². The highest BCUT2D eigenvalue weighted by Gasteiger charge is 2.16. The second kappa shape index (κ2) is 10.1. The van der Waals surface area contributed by atoms with Crippen LogP contribution in [0.15, 0.2) is 83.7 Å². The molecule has 0 aliphatic heterocycles. The molecule has 4 rings (SSSR count). The fourth-order valence-electron chi connectivity index (χ4n) is 3.51. The molecule has 1 aromatic heterocycles. The number of hydrogen-bond donors (Lipinski definition) is 2. The van der Waals surface area contributed by atoms with Gasteiger partial charge in [-0.05, 0) is 55.8 Å². The van der Waals surface area contributed by atoms with Crippen molar-refractivity contribution in [2.45, 2.75) is 20.4 Å². The van der Waals surface area contributed by atoms with E-state index in [0.717, 1.165) is 5.56 Å². The highest BCUT2D eigenvalue weighted by atomic mass is 19.1. The number of anilines is 1. The Balaban J connectivity index is 1.48. The van der Waals surface area contributed by atoms with Gasteiger partial charge >= 0.3 is 0 Å². The zero-order valence-corrected chi connectivity index (χ0v) is 19.2. The molecule has 0 radical (unpaired) electrons. The Hall–Kier alpha value is -4.59. The van der Waals surface area contributed by atoms with Gasteiger partial charge in [-0.1, -0.05) is 42.0 Å². The van der Waals surface area contributed by atoms with Gasteiger partial charge in [0.25, 0.3) is 11.8 Å². The van der Waals surface area contributed by atoms with Crippen LogP contribution in [0.2, 0.25) is 0 Å². The topological polar surface area (TPSA) is 93.1 Å². The Morgan fingerprint density at radius 1 is 0.914 bits per heavy atom. The van der Waals surface area contributed by atoms with E-state index in [1.54, 1.807) is 55.5 Å². The van der Waals surface area contributed by atoms with Gasteiger partial charge in [0.05, 0.1) is 0 Å². The number of nitrogens with zero attached hydrogens (tertiary/aromatic N) is 2. The van der Waals surface area contributed by atoms with Crippen molar-refractivity contribution in [3.8, 4) is 5.69 Å².